The van der Waals surface area contributed by atoms with Gasteiger partial charge in [0.05, 0.1) is 6.42 Å². The number of benzene rings is 1. The molecule has 1 saturated heterocycles. The first kappa shape index (κ1) is 17.7. The number of halogens is 2. The zero-order valence-corrected chi connectivity index (χ0v) is 14.0. The maximum atomic E-state index is 12.6. The molecule has 1 aliphatic rings. The van der Waals surface area contributed by atoms with E-state index in [0.29, 0.717) is 32.0 Å². The summed E-state index contributed by atoms with van der Waals surface area (Å²) in [4.78, 5) is 16.2. The van der Waals surface area contributed by atoms with E-state index in [1.807, 2.05) is 11.0 Å². The third kappa shape index (κ3) is 4.11. The maximum absolute atomic E-state index is 12.6. The number of nitrogens with zero attached hydrogens (tertiary/aromatic N) is 5. The highest BCUT2D eigenvalue weighted by molar-refractivity contribution is 5.79. The second-order valence-corrected chi connectivity index (χ2v) is 5.98. The molecule has 2 aromatic rings. The van der Waals surface area contributed by atoms with Gasteiger partial charge >= 0.3 is 0 Å². The summed E-state index contributed by atoms with van der Waals surface area (Å²) < 4.78 is 25.1. The predicted molar refractivity (Wildman–Crippen MR) is 90.6 cm³/mol. The molecule has 0 radical (unpaired) electrons. The van der Waals surface area contributed by atoms with Crippen molar-refractivity contribution in [1.82, 2.24) is 15.1 Å². The molecule has 1 aromatic heterocycles. The van der Waals surface area contributed by atoms with Crippen molar-refractivity contribution < 1.29 is 13.6 Å². The third-order valence-electron chi connectivity index (χ3n) is 4.31. The topological polar surface area (TPSA) is 73.1 Å². The molecular formula is C18H17F2N5O. The molecule has 0 bridgehead atoms. The molecule has 0 unspecified atom stereocenters. The van der Waals surface area contributed by atoms with E-state index in [1.54, 1.807) is 29.2 Å². The number of amides is 1. The molecule has 0 aliphatic carbocycles. The summed E-state index contributed by atoms with van der Waals surface area (Å²) in [5, 5.41) is 16.6. The quantitative estimate of drug-likeness (QED) is 0.839. The SMILES string of the molecule is N#Cc1ccc(N2CCN(C(=O)Cc3ccc(C(F)F)cc3)CC2)nn1. The summed E-state index contributed by atoms with van der Waals surface area (Å²) in [6.07, 6.45) is -2.31. The summed E-state index contributed by atoms with van der Waals surface area (Å²) in [6, 6.07) is 11.1. The molecule has 1 aromatic carbocycles. The van der Waals surface area contributed by atoms with E-state index in [2.05, 4.69) is 10.2 Å². The van der Waals surface area contributed by atoms with Crippen LogP contribution in [0, 0.1) is 11.3 Å². The van der Waals surface area contributed by atoms with Crippen LogP contribution in [0.25, 0.3) is 0 Å². The van der Waals surface area contributed by atoms with E-state index in [9.17, 15) is 13.6 Å². The summed E-state index contributed by atoms with van der Waals surface area (Å²) in [7, 11) is 0. The molecule has 134 valence electrons. The number of piperazine rings is 1. The minimum absolute atomic E-state index is 0.0274. The number of aromatic nitrogens is 2. The zero-order valence-electron chi connectivity index (χ0n) is 14.0. The van der Waals surface area contributed by atoms with Gasteiger partial charge in [-0.15, -0.1) is 10.2 Å². The molecule has 1 amide bonds. The van der Waals surface area contributed by atoms with Gasteiger partial charge in [-0.3, -0.25) is 4.79 Å². The van der Waals surface area contributed by atoms with Crippen molar-refractivity contribution in [1.29, 1.82) is 5.26 Å². The second kappa shape index (κ2) is 7.87. The van der Waals surface area contributed by atoms with Gasteiger partial charge in [0.2, 0.25) is 5.91 Å². The Morgan fingerprint density at radius 1 is 1.08 bits per heavy atom. The largest absolute Gasteiger partial charge is 0.352 e. The van der Waals surface area contributed by atoms with Gasteiger partial charge < -0.3 is 9.80 Å². The molecule has 6 nitrogen and oxygen atoms in total. The highest BCUT2D eigenvalue weighted by Gasteiger charge is 2.22. The van der Waals surface area contributed by atoms with Crippen LogP contribution in [0.3, 0.4) is 0 Å². The van der Waals surface area contributed by atoms with Crippen LogP contribution in [0.15, 0.2) is 36.4 Å². The van der Waals surface area contributed by atoms with Crippen molar-refractivity contribution in [2.24, 2.45) is 0 Å². The van der Waals surface area contributed by atoms with Crippen LogP contribution in [0.2, 0.25) is 0 Å². The van der Waals surface area contributed by atoms with Crippen molar-refractivity contribution in [2.75, 3.05) is 31.1 Å². The fraction of sp³-hybridized carbons (Fsp3) is 0.333. The Labute approximate surface area is 149 Å². The molecule has 8 heteroatoms. The maximum Gasteiger partial charge on any atom is 0.263 e. The van der Waals surface area contributed by atoms with Crippen LogP contribution in [0.5, 0.6) is 0 Å². The van der Waals surface area contributed by atoms with E-state index in [0.717, 1.165) is 5.56 Å². The Bertz CT molecular complexity index is 794. The highest BCUT2D eigenvalue weighted by atomic mass is 19.3. The van der Waals surface area contributed by atoms with E-state index in [-0.39, 0.29) is 23.6 Å². The number of alkyl halides is 2. The summed E-state index contributed by atoms with van der Waals surface area (Å²) in [6.45, 7) is 2.35. The van der Waals surface area contributed by atoms with E-state index in [4.69, 9.17) is 5.26 Å². The Morgan fingerprint density at radius 2 is 1.77 bits per heavy atom. The minimum Gasteiger partial charge on any atom is -0.352 e. The smallest absolute Gasteiger partial charge is 0.263 e. The van der Waals surface area contributed by atoms with Crippen LogP contribution in [-0.2, 0) is 11.2 Å². The van der Waals surface area contributed by atoms with E-state index < -0.39 is 6.43 Å². The predicted octanol–water partition coefficient (Wildman–Crippen LogP) is 2.18. The molecule has 2 heterocycles. The molecule has 1 aliphatic heterocycles. The Balaban J connectivity index is 1.53. The Hall–Kier alpha value is -3.08. The average molecular weight is 357 g/mol. The standard InChI is InChI=1S/C18H17F2N5O/c19-18(20)14-3-1-13(2-4-14)11-17(26)25-9-7-24(8-10-25)16-6-5-15(12-21)22-23-16/h1-6,18H,7-11H2. The van der Waals surface area contributed by atoms with Crippen molar-refractivity contribution in [3.05, 3.63) is 53.2 Å². The van der Waals surface area contributed by atoms with Crippen molar-refractivity contribution in [3.63, 3.8) is 0 Å². The lowest BCUT2D eigenvalue weighted by molar-refractivity contribution is -0.130. The van der Waals surface area contributed by atoms with Crippen LogP contribution in [0.1, 0.15) is 23.2 Å². The summed E-state index contributed by atoms with van der Waals surface area (Å²) in [5.74, 6) is 0.652. The minimum atomic E-state index is -2.50. The number of hydrogen-bond donors (Lipinski definition) is 0. The fourth-order valence-electron chi connectivity index (χ4n) is 2.81. The lowest BCUT2D eigenvalue weighted by atomic mass is 10.1. The first-order chi connectivity index (χ1) is 12.6. The first-order valence-electron chi connectivity index (χ1n) is 8.20. The van der Waals surface area contributed by atoms with Gasteiger partial charge in [-0.1, -0.05) is 24.3 Å². The molecule has 0 N–H and O–H groups in total. The van der Waals surface area contributed by atoms with Crippen LogP contribution >= 0.6 is 0 Å². The number of anilines is 1. The van der Waals surface area contributed by atoms with Gasteiger partial charge in [-0.2, -0.15) is 5.26 Å². The number of nitriles is 1. The Morgan fingerprint density at radius 3 is 2.31 bits per heavy atom. The fourth-order valence-corrected chi connectivity index (χ4v) is 2.81. The highest BCUT2D eigenvalue weighted by Crippen LogP contribution is 2.19. The van der Waals surface area contributed by atoms with Gasteiger partial charge in [-0.05, 0) is 17.7 Å². The van der Waals surface area contributed by atoms with E-state index in [1.165, 1.54) is 12.1 Å². The number of carbonyl (C=O) groups is 1. The van der Waals surface area contributed by atoms with Crippen LogP contribution in [-0.4, -0.2) is 47.2 Å². The lowest BCUT2D eigenvalue weighted by Gasteiger charge is -2.35. The number of carbonyl (C=O) groups excluding carboxylic acids is 1. The third-order valence-corrected chi connectivity index (χ3v) is 4.31. The average Bonchev–Trinajstić information content (AvgIpc) is 2.68. The van der Waals surface area contributed by atoms with Crippen molar-refractivity contribution in [3.8, 4) is 6.07 Å². The molecule has 26 heavy (non-hydrogen) atoms. The summed E-state index contributed by atoms with van der Waals surface area (Å²) >= 11 is 0. The van der Waals surface area contributed by atoms with Gasteiger partial charge in [0.1, 0.15) is 6.07 Å². The monoisotopic (exact) mass is 357 g/mol. The molecule has 0 atom stereocenters. The van der Waals surface area contributed by atoms with Crippen molar-refractivity contribution >= 4 is 11.7 Å². The first-order valence-corrected chi connectivity index (χ1v) is 8.20. The normalized spacial score (nSPS) is 14.4. The van der Waals surface area contributed by atoms with Crippen LogP contribution in [0.4, 0.5) is 14.6 Å². The van der Waals surface area contributed by atoms with E-state index >= 15 is 0 Å². The molecule has 0 saturated carbocycles. The second-order valence-electron chi connectivity index (χ2n) is 5.98. The van der Waals surface area contributed by atoms with Crippen molar-refractivity contribution in [2.45, 2.75) is 12.8 Å². The molecule has 1 fully saturated rings. The molecule has 3 rings (SSSR count). The summed E-state index contributed by atoms with van der Waals surface area (Å²) in [5.41, 5.74) is 0.943. The van der Waals surface area contributed by atoms with Gasteiger partial charge in [0.25, 0.3) is 6.43 Å². The van der Waals surface area contributed by atoms with Gasteiger partial charge in [0.15, 0.2) is 11.5 Å². The van der Waals surface area contributed by atoms with Crippen LogP contribution < -0.4 is 4.90 Å². The Kier molecular flexibility index (Phi) is 5.37. The number of rotatable bonds is 4. The van der Waals surface area contributed by atoms with Gasteiger partial charge in [0, 0.05) is 31.7 Å². The molecular weight excluding hydrogens is 340 g/mol. The lowest BCUT2D eigenvalue weighted by Crippen LogP contribution is -2.49. The zero-order chi connectivity index (χ0) is 18.5. The molecule has 0 spiro atoms. The number of hydrogen-bond acceptors (Lipinski definition) is 5. The van der Waals surface area contributed by atoms with Gasteiger partial charge in [-0.25, -0.2) is 8.78 Å².